The molecule has 0 saturated carbocycles. The number of aromatic nitrogens is 1. The highest BCUT2D eigenvalue weighted by atomic mass is 16.5. The number of fused-ring (bicyclic) bond motifs is 2. The van der Waals surface area contributed by atoms with Gasteiger partial charge in [0.05, 0.1) is 12.7 Å². The van der Waals surface area contributed by atoms with Crippen molar-refractivity contribution < 1.29 is 9.53 Å². The molecule has 98 valence electrons. The predicted molar refractivity (Wildman–Crippen MR) is 72.0 cm³/mol. The van der Waals surface area contributed by atoms with Crippen molar-refractivity contribution in [1.82, 2.24) is 10.4 Å². The van der Waals surface area contributed by atoms with Crippen molar-refractivity contribution in [2.24, 2.45) is 5.84 Å². The van der Waals surface area contributed by atoms with Crippen LogP contribution in [0.1, 0.15) is 28.0 Å². The van der Waals surface area contributed by atoms with Gasteiger partial charge in [0.2, 0.25) is 0 Å². The second-order valence-electron chi connectivity index (χ2n) is 4.60. The van der Waals surface area contributed by atoms with Gasteiger partial charge < -0.3 is 4.74 Å². The third-order valence-electron chi connectivity index (χ3n) is 3.58. The first-order chi connectivity index (χ1) is 9.26. The molecule has 0 saturated heterocycles. The van der Waals surface area contributed by atoms with Gasteiger partial charge in [-0.05, 0) is 30.9 Å². The number of amides is 1. The van der Waals surface area contributed by atoms with E-state index in [1.54, 1.807) is 7.11 Å². The maximum atomic E-state index is 12.1. The number of hydrazine groups is 1. The Kier molecular flexibility index (Phi) is 2.83. The minimum absolute atomic E-state index is 0.265. The summed E-state index contributed by atoms with van der Waals surface area (Å²) in [6, 6.07) is 5.59. The van der Waals surface area contributed by atoms with Gasteiger partial charge in [0.25, 0.3) is 5.91 Å². The number of para-hydroxylation sites is 1. The molecule has 5 heteroatoms. The van der Waals surface area contributed by atoms with Crippen LogP contribution < -0.4 is 16.0 Å². The Balaban J connectivity index is 2.40. The highest BCUT2D eigenvalue weighted by Crippen LogP contribution is 2.33. The molecule has 1 amide bonds. The molecule has 1 aliphatic carbocycles. The smallest absolute Gasteiger partial charge is 0.266 e. The molecule has 0 radical (unpaired) electrons. The van der Waals surface area contributed by atoms with Crippen LogP contribution in [-0.4, -0.2) is 18.0 Å². The number of rotatable bonds is 2. The number of hydrogen-bond acceptors (Lipinski definition) is 4. The summed E-state index contributed by atoms with van der Waals surface area (Å²) in [6.45, 7) is 0. The maximum absolute atomic E-state index is 12.1. The Bertz CT molecular complexity index is 667. The fraction of sp³-hybridized carbons (Fsp3) is 0.286. The average molecular weight is 257 g/mol. The Labute approximate surface area is 110 Å². The zero-order valence-electron chi connectivity index (χ0n) is 10.7. The zero-order chi connectivity index (χ0) is 13.4. The fourth-order valence-corrected chi connectivity index (χ4v) is 2.75. The van der Waals surface area contributed by atoms with Crippen LogP contribution in [0.5, 0.6) is 5.75 Å². The van der Waals surface area contributed by atoms with Crippen molar-refractivity contribution in [2.75, 3.05) is 7.11 Å². The normalized spacial score (nSPS) is 13.4. The number of benzene rings is 1. The topological polar surface area (TPSA) is 77.2 Å². The number of carbonyl (C=O) groups excluding carboxylic acids is 1. The highest BCUT2D eigenvalue weighted by molar-refractivity contribution is 6.08. The lowest BCUT2D eigenvalue weighted by molar-refractivity contribution is 0.0954. The minimum atomic E-state index is -0.265. The third-order valence-corrected chi connectivity index (χ3v) is 3.58. The summed E-state index contributed by atoms with van der Waals surface area (Å²) in [4.78, 5) is 16.7. The summed E-state index contributed by atoms with van der Waals surface area (Å²) in [6.07, 6.45) is 2.79. The summed E-state index contributed by atoms with van der Waals surface area (Å²) >= 11 is 0. The van der Waals surface area contributed by atoms with E-state index >= 15 is 0 Å². The van der Waals surface area contributed by atoms with Crippen molar-refractivity contribution in [3.8, 4) is 5.75 Å². The van der Waals surface area contributed by atoms with Gasteiger partial charge >= 0.3 is 0 Å². The minimum Gasteiger partial charge on any atom is -0.494 e. The molecule has 1 aromatic heterocycles. The summed E-state index contributed by atoms with van der Waals surface area (Å²) < 4.78 is 5.33. The third kappa shape index (κ3) is 1.74. The lowest BCUT2D eigenvalue weighted by Crippen LogP contribution is -2.31. The molecule has 5 nitrogen and oxygen atoms in total. The van der Waals surface area contributed by atoms with E-state index in [4.69, 9.17) is 10.6 Å². The van der Waals surface area contributed by atoms with Crippen LogP contribution in [0.3, 0.4) is 0 Å². The number of nitrogens with one attached hydrogen (secondary N) is 1. The largest absolute Gasteiger partial charge is 0.494 e. The number of nitrogens with zero attached hydrogens (tertiary/aromatic N) is 1. The second kappa shape index (κ2) is 4.51. The number of pyridine rings is 1. The number of methoxy groups -OCH3 is 1. The summed E-state index contributed by atoms with van der Waals surface area (Å²) in [5.74, 6) is 5.72. The van der Waals surface area contributed by atoms with Crippen LogP contribution in [0.25, 0.3) is 10.9 Å². The van der Waals surface area contributed by atoms with E-state index in [1.807, 2.05) is 18.2 Å². The Hall–Kier alpha value is -2.14. The van der Waals surface area contributed by atoms with Gasteiger partial charge in [0.15, 0.2) is 0 Å². The van der Waals surface area contributed by atoms with Gasteiger partial charge in [-0.1, -0.05) is 12.1 Å². The molecule has 0 unspecified atom stereocenters. The van der Waals surface area contributed by atoms with Gasteiger partial charge in [-0.3, -0.25) is 10.2 Å². The van der Waals surface area contributed by atoms with Crippen LogP contribution in [0.15, 0.2) is 18.2 Å². The zero-order valence-corrected chi connectivity index (χ0v) is 10.7. The molecule has 1 aromatic carbocycles. The fourth-order valence-electron chi connectivity index (χ4n) is 2.75. The molecule has 0 spiro atoms. The van der Waals surface area contributed by atoms with Gasteiger partial charge in [0, 0.05) is 11.1 Å². The second-order valence-corrected chi connectivity index (χ2v) is 4.60. The molecule has 3 N–H and O–H groups in total. The lowest BCUT2D eigenvalue weighted by atomic mass is 10.0. The number of aryl methyl sites for hydroxylation is 1. The Morgan fingerprint density at radius 1 is 1.42 bits per heavy atom. The molecule has 0 bridgehead atoms. The van der Waals surface area contributed by atoms with Gasteiger partial charge in [-0.25, -0.2) is 10.8 Å². The molecule has 0 aliphatic heterocycles. The molecular weight excluding hydrogens is 242 g/mol. The quantitative estimate of drug-likeness (QED) is 0.483. The van der Waals surface area contributed by atoms with Crippen molar-refractivity contribution in [3.05, 3.63) is 35.0 Å². The average Bonchev–Trinajstić information content (AvgIpc) is 2.91. The van der Waals surface area contributed by atoms with Crippen molar-refractivity contribution in [3.63, 3.8) is 0 Å². The maximum Gasteiger partial charge on any atom is 0.266 e. The number of carbonyl (C=O) groups is 1. The van der Waals surface area contributed by atoms with Crippen LogP contribution in [0.4, 0.5) is 0 Å². The van der Waals surface area contributed by atoms with E-state index in [1.165, 1.54) is 0 Å². The molecule has 19 heavy (non-hydrogen) atoms. The molecule has 1 heterocycles. The van der Waals surface area contributed by atoms with Crippen LogP contribution in [-0.2, 0) is 12.8 Å². The number of ether oxygens (including phenoxy) is 1. The molecule has 2 aromatic rings. The Morgan fingerprint density at radius 3 is 3.00 bits per heavy atom. The monoisotopic (exact) mass is 257 g/mol. The van der Waals surface area contributed by atoms with E-state index in [0.29, 0.717) is 11.3 Å². The molecule has 1 aliphatic rings. The van der Waals surface area contributed by atoms with E-state index < -0.39 is 0 Å². The first-order valence-corrected chi connectivity index (χ1v) is 6.25. The summed E-state index contributed by atoms with van der Waals surface area (Å²) in [5, 5.41) is 0.794. The van der Waals surface area contributed by atoms with Gasteiger partial charge in [0.1, 0.15) is 11.3 Å². The number of hydrogen-bond donors (Lipinski definition) is 2. The SMILES string of the molecule is COc1cccc2c(C(=O)NN)c3c(nc12)CCC3. The van der Waals surface area contributed by atoms with E-state index in [9.17, 15) is 4.79 Å². The van der Waals surface area contributed by atoms with Gasteiger partial charge in [-0.15, -0.1) is 0 Å². The summed E-state index contributed by atoms with van der Waals surface area (Å²) in [7, 11) is 1.60. The first-order valence-electron chi connectivity index (χ1n) is 6.25. The summed E-state index contributed by atoms with van der Waals surface area (Å²) in [5.41, 5.74) is 5.60. The number of nitrogens with two attached hydrogens (primary N) is 1. The lowest BCUT2D eigenvalue weighted by Gasteiger charge is -2.12. The molecular formula is C14H15N3O2. The predicted octanol–water partition coefficient (Wildman–Crippen LogP) is 1.34. The first kappa shape index (κ1) is 11.9. The highest BCUT2D eigenvalue weighted by Gasteiger charge is 2.24. The van der Waals surface area contributed by atoms with Crippen molar-refractivity contribution in [2.45, 2.75) is 19.3 Å². The molecule has 0 atom stereocenters. The number of nitrogen functional groups attached to an aromatic ring is 1. The molecule has 0 fully saturated rings. The molecule has 3 rings (SSSR count). The van der Waals surface area contributed by atoms with Crippen molar-refractivity contribution in [1.29, 1.82) is 0 Å². The van der Waals surface area contributed by atoms with Crippen LogP contribution in [0, 0.1) is 0 Å². The van der Waals surface area contributed by atoms with Crippen molar-refractivity contribution >= 4 is 16.8 Å². The van der Waals surface area contributed by atoms with E-state index in [0.717, 1.165) is 41.4 Å². The van der Waals surface area contributed by atoms with Crippen LogP contribution in [0.2, 0.25) is 0 Å². The Morgan fingerprint density at radius 2 is 2.26 bits per heavy atom. The van der Waals surface area contributed by atoms with E-state index in [-0.39, 0.29) is 5.91 Å². The van der Waals surface area contributed by atoms with Gasteiger partial charge in [-0.2, -0.15) is 0 Å². The van der Waals surface area contributed by atoms with Crippen LogP contribution >= 0.6 is 0 Å². The van der Waals surface area contributed by atoms with E-state index in [2.05, 4.69) is 10.4 Å². The standard InChI is InChI=1S/C14H15N3O2/c1-19-11-7-3-5-9-12(14(18)17-15)8-4-2-6-10(8)16-13(9)11/h3,5,7H,2,4,6,15H2,1H3,(H,17,18).